The van der Waals surface area contributed by atoms with Crippen LogP contribution in [0.15, 0.2) is 48.5 Å². The third-order valence-electron chi connectivity index (χ3n) is 2.90. The molecule has 19 heavy (non-hydrogen) atoms. The molecule has 0 aliphatic rings. The number of rotatable bonds is 5. The highest BCUT2D eigenvalue weighted by molar-refractivity contribution is 5.32. The van der Waals surface area contributed by atoms with Crippen LogP contribution in [-0.4, -0.2) is 13.1 Å². The molecule has 0 unspecified atom stereocenters. The van der Waals surface area contributed by atoms with Crippen LogP contribution in [0.3, 0.4) is 0 Å². The summed E-state index contributed by atoms with van der Waals surface area (Å²) < 4.78 is 25.9. The molecule has 0 atom stereocenters. The third kappa shape index (κ3) is 3.59. The molecule has 2 nitrogen and oxygen atoms in total. The molecule has 0 bridgehead atoms. The van der Waals surface area contributed by atoms with Gasteiger partial charge in [-0.1, -0.05) is 24.3 Å². The summed E-state index contributed by atoms with van der Waals surface area (Å²) in [7, 11) is 0. The van der Waals surface area contributed by atoms with Gasteiger partial charge in [-0.3, -0.25) is 0 Å². The third-order valence-corrected chi connectivity index (χ3v) is 2.90. The minimum atomic E-state index is -0.277. The molecule has 0 saturated carbocycles. The van der Waals surface area contributed by atoms with Crippen LogP contribution < -0.4 is 11.1 Å². The number of nitrogens with two attached hydrogens (primary N) is 1. The summed E-state index contributed by atoms with van der Waals surface area (Å²) in [5.41, 5.74) is 7.33. The van der Waals surface area contributed by atoms with Crippen LogP contribution in [0.2, 0.25) is 0 Å². The zero-order valence-corrected chi connectivity index (χ0v) is 10.4. The van der Waals surface area contributed by atoms with Crippen molar-refractivity contribution in [3.63, 3.8) is 0 Å². The van der Waals surface area contributed by atoms with Crippen LogP contribution in [0.5, 0.6) is 0 Å². The smallest absolute Gasteiger partial charge is 0.123 e. The average molecular weight is 262 g/mol. The van der Waals surface area contributed by atoms with E-state index in [2.05, 4.69) is 5.32 Å². The van der Waals surface area contributed by atoms with Crippen molar-refractivity contribution in [2.75, 3.05) is 13.1 Å². The molecule has 2 aromatic carbocycles. The first kappa shape index (κ1) is 13.6. The minimum Gasteiger partial charge on any atom is -0.329 e. The van der Waals surface area contributed by atoms with E-state index in [-0.39, 0.29) is 17.7 Å². The molecule has 0 fully saturated rings. The maximum Gasteiger partial charge on any atom is 0.123 e. The lowest BCUT2D eigenvalue weighted by molar-refractivity contribution is 0.598. The zero-order valence-electron chi connectivity index (χ0n) is 10.4. The van der Waals surface area contributed by atoms with Crippen LogP contribution in [0, 0.1) is 11.6 Å². The van der Waals surface area contributed by atoms with E-state index < -0.39 is 0 Å². The molecule has 0 amide bonds. The first-order valence-electron chi connectivity index (χ1n) is 6.15. The number of halogens is 2. The Morgan fingerprint density at radius 3 is 1.63 bits per heavy atom. The molecule has 0 aliphatic heterocycles. The van der Waals surface area contributed by atoms with E-state index in [0.717, 1.165) is 11.1 Å². The summed E-state index contributed by atoms with van der Waals surface area (Å²) in [5.74, 6) is -0.555. The first-order valence-corrected chi connectivity index (χ1v) is 6.15. The van der Waals surface area contributed by atoms with E-state index in [1.807, 2.05) is 0 Å². The molecular formula is C15H16F2N2. The van der Waals surface area contributed by atoms with E-state index in [9.17, 15) is 8.78 Å². The minimum absolute atomic E-state index is 0.121. The van der Waals surface area contributed by atoms with Crippen LogP contribution in [0.4, 0.5) is 8.78 Å². The summed E-state index contributed by atoms with van der Waals surface area (Å²) in [6.45, 7) is 1.12. The SMILES string of the molecule is NCCNC(c1ccc(F)cc1)c1ccc(F)cc1. The van der Waals surface area contributed by atoms with Crippen LogP contribution in [0.25, 0.3) is 0 Å². The van der Waals surface area contributed by atoms with Gasteiger partial charge in [-0.2, -0.15) is 0 Å². The topological polar surface area (TPSA) is 38.0 Å². The molecule has 3 N–H and O–H groups in total. The predicted octanol–water partition coefficient (Wildman–Crippen LogP) is 2.60. The highest BCUT2D eigenvalue weighted by atomic mass is 19.1. The Labute approximate surface area is 111 Å². The molecule has 100 valence electrons. The van der Waals surface area contributed by atoms with E-state index in [1.165, 1.54) is 24.3 Å². The normalized spacial score (nSPS) is 10.9. The van der Waals surface area contributed by atoms with Crippen molar-refractivity contribution in [1.29, 1.82) is 0 Å². The van der Waals surface area contributed by atoms with Crippen LogP contribution >= 0.6 is 0 Å². The van der Waals surface area contributed by atoms with Crippen molar-refractivity contribution in [3.05, 3.63) is 71.3 Å². The molecular weight excluding hydrogens is 246 g/mol. The second-order valence-electron chi connectivity index (χ2n) is 4.28. The van der Waals surface area contributed by atoms with Gasteiger partial charge in [-0.25, -0.2) is 8.78 Å². The first-order chi connectivity index (χ1) is 9.20. The largest absolute Gasteiger partial charge is 0.329 e. The quantitative estimate of drug-likeness (QED) is 0.869. The fraction of sp³-hybridized carbons (Fsp3) is 0.200. The summed E-state index contributed by atoms with van der Waals surface area (Å²) in [5, 5.41) is 3.27. The highest BCUT2D eigenvalue weighted by Gasteiger charge is 2.13. The van der Waals surface area contributed by atoms with Gasteiger partial charge in [0.1, 0.15) is 11.6 Å². The van der Waals surface area contributed by atoms with Gasteiger partial charge in [0.15, 0.2) is 0 Å². The van der Waals surface area contributed by atoms with Gasteiger partial charge >= 0.3 is 0 Å². The van der Waals surface area contributed by atoms with Crippen molar-refractivity contribution < 1.29 is 8.78 Å². The van der Waals surface area contributed by atoms with Gasteiger partial charge in [0.2, 0.25) is 0 Å². The Morgan fingerprint density at radius 2 is 1.26 bits per heavy atom. The summed E-state index contributed by atoms with van der Waals surface area (Å²) in [4.78, 5) is 0. The fourth-order valence-corrected chi connectivity index (χ4v) is 1.97. The Hall–Kier alpha value is -1.78. The molecule has 0 aliphatic carbocycles. The summed E-state index contributed by atoms with van der Waals surface area (Å²) in [6, 6.07) is 12.4. The van der Waals surface area contributed by atoms with Gasteiger partial charge < -0.3 is 11.1 Å². The number of nitrogens with one attached hydrogen (secondary N) is 1. The van der Waals surface area contributed by atoms with Crippen molar-refractivity contribution in [2.24, 2.45) is 5.73 Å². The monoisotopic (exact) mass is 262 g/mol. The lowest BCUT2D eigenvalue weighted by Crippen LogP contribution is -2.28. The molecule has 0 heterocycles. The number of hydrogen-bond donors (Lipinski definition) is 2. The van der Waals surface area contributed by atoms with Gasteiger partial charge in [0.05, 0.1) is 6.04 Å². The Balaban J connectivity index is 2.29. The van der Waals surface area contributed by atoms with E-state index in [0.29, 0.717) is 13.1 Å². The lowest BCUT2D eigenvalue weighted by atomic mass is 9.98. The Morgan fingerprint density at radius 1 is 0.842 bits per heavy atom. The van der Waals surface area contributed by atoms with Crippen molar-refractivity contribution in [2.45, 2.75) is 6.04 Å². The number of benzene rings is 2. The molecule has 4 heteroatoms. The maximum atomic E-state index is 13.0. The highest BCUT2D eigenvalue weighted by Crippen LogP contribution is 2.22. The predicted molar refractivity (Wildman–Crippen MR) is 71.7 cm³/mol. The Kier molecular flexibility index (Phi) is 4.60. The average Bonchev–Trinajstić information content (AvgIpc) is 2.43. The summed E-state index contributed by atoms with van der Waals surface area (Å²) >= 11 is 0. The Bertz CT molecular complexity index is 463. The van der Waals surface area contributed by atoms with Crippen molar-refractivity contribution >= 4 is 0 Å². The maximum absolute atomic E-state index is 13.0. The van der Waals surface area contributed by atoms with Gasteiger partial charge in [-0.05, 0) is 35.4 Å². The molecule has 0 radical (unpaired) electrons. The van der Waals surface area contributed by atoms with Gasteiger partial charge in [0.25, 0.3) is 0 Å². The zero-order chi connectivity index (χ0) is 13.7. The van der Waals surface area contributed by atoms with E-state index in [4.69, 9.17) is 5.73 Å². The number of hydrogen-bond acceptors (Lipinski definition) is 2. The van der Waals surface area contributed by atoms with Gasteiger partial charge in [0, 0.05) is 13.1 Å². The van der Waals surface area contributed by atoms with Crippen LogP contribution in [-0.2, 0) is 0 Å². The molecule has 2 aromatic rings. The molecule has 0 saturated heterocycles. The fourth-order valence-electron chi connectivity index (χ4n) is 1.97. The van der Waals surface area contributed by atoms with E-state index >= 15 is 0 Å². The second kappa shape index (κ2) is 6.41. The van der Waals surface area contributed by atoms with Crippen LogP contribution in [0.1, 0.15) is 17.2 Å². The second-order valence-corrected chi connectivity index (χ2v) is 4.28. The van der Waals surface area contributed by atoms with E-state index in [1.54, 1.807) is 24.3 Å². The lowest BCUT2D eigenvalue weighted by Gasteiger charge is -2.19. The summed E-state index contributed by atoms with van der Waals surface area (Å²) in [6.07, 6.45) is 0. The molecule has 2 rings (SSSR count). The molecule has 0 aromatic heterocycles. The van der Waals surface area contributed by atoms with Crippen molar-refractivity contribution in [1.82, 2.24) is 5.32 Å². The standard InChI is InChI=1S/C15H16F2N2/c16-13-5-1-11(2-6-13)15(19-10-9-18)12-3-7-14(17)8-4-12/h1-8,15,19H,9-10,18H2. The van der Waals surface area contributed by atoms with Gasteiger partial charge in [-0.15, -0.1) is 0 Å². The molecule has 0 spiro atoms. The van der Waals surface area contributed by atoms with Crippen molar-refractivity contribution in [3.8, 4) is 0 Å².